The van der Waals surface area contributed by atoms with E-state index in [1.54, 1.807) is 12.1 Å². The molecule has 1 saturated heterocycles. The van der Waals surface area contributed by atoms with Crippen molar-refractivity contribution in [3.63, 3.8) is 0 Å². The Morgan fingerprint density at radius 3 is 2.71 bits per heavy atom. The molecule has 1 aliphatic rings. The average molecular weight is 235 g/mol. The van der Waals surface area contributed by atoms with Crippen LogP contribution in [0.5, 0.6) is 5.75 Å². The highest BCUT2D eigenvalue weighted by atomic mass is 16.5. The van der Waals surface area contributed by atoms with Crippen molar-refractivity contribution in [1.29, 1.82) is 0 Å². The summed E-state index contributed by atoms with van der Waals surface area (Å²) >= 11 is 0. The molecule has 1 fully saturated rings. The molecule has 0 radical (unpaired) electrons. The molecule has 0 amide bonds. The molecule has 1 aliphatic heterocycles. The largest absolute Gasteiger partial charge is 0.508 e. The lowest BCUT2D eigenvalue weighted by Gasteiger charge is -2.27. The molecule has 3 nitrogen and oxygen atoms in total. The first-order valence-corrected chi connectivity index (χ1v) is 6.30. The Kier molecular flexibility index (Phi) is 4.02. The highest BCUT2D eigenvalue weighted by Crippen LogP contribution is 2.32. The van der Waals surface area contributed by atoms with E-state index < -0.39 is 0 Å². The van der Waals surface area contributed by atoms with Gasteiger partial charge in [0.1, 0.15) is 5.75 Å². The van der Waals surface area contributed by atoms with Gasteiger partial charge in [0.2, 0.25) is 0 Å². The van der Waals surface area contributed by atoms with Crippen LogP contribution in [0.15, 0.2) is 24.3 Å². The zero-order valence-corrected chi connectivity index (χ0v) is 10.4. The van der Waals surface area contributed by atoms with E-state index in [2.05, 4.69) is 12.2 Å². The van der Waals surface area contributed by atoms with E-state index in [1.807, 2.05) is 12.1 Å². The lowest BCUT2D eigenvalue weighted by Crippen LogP contribution is -2.36. The van der Waals surface area contributed by atoms with E-state index >= 15 is 0 Å². The number of hydrogen-bond acceptors (Lipinski definition) is 3. The second-order valence-electron chi connectivity index (χ2n) is 4.93. The second-order valence-corrected chi connectivity index (χ2v) is 4.93. The molecule has 2 rings (SSSR count). The molecule has 0 aromatic heterocycles. The lowest BCUT2D eigenvalue weighted by molar-refractivity contribution is 0.149. The van der Waals surface area contributed by atoms with Gasteiger partial charge in [-0.2, -0.15) is 0 Å². The molecule has 0 saturated carbocycles. The SMILES string of the molecule is CCNCC1(Cc2ccc(O)cc2)CCOC1. The van der Waals surface area contributed by atoms with Gasteiger partial charge < -0.3 is 15.2 Å². The number of rotatable bonds is 5. The van der Waals surface area contributed by atoms with Crippen LogP contribution < -0.4 is 5.32 Å². The van der Waals surface area contributed by atoms with Crippen LogP contribution >= 0.6 is 0 Å². The number of ether oxygens (including phenoxy) is 1. The van der Waals surface area contributed by atoms with Crippen LogP contribution in [0.2, 0.25) is 0 Å². The number of phenols is 1. The van der Waals surface area contributed by atoms with Crippen molar-refractivity contribution in [2.45, 2.75) is 19.8 Å². The second kappa shape index (κ2) is 5.52. The first-order chi connectivity index (χ1) is 8.24. The van der Waals surface area contributed by atoms with E-state index in [1.165, 1.54) is 5.56 Å². The Hall–Kier alpha value is -1.06. The third-order valence-electron chi connectivity index (χ3n) is 3.45. The van der Waals surface area contributed by atoms with Crippen LogP contribution in [0.1, 0.15) is 18.9 Å². The van der Waals surface area contributed by atoms with Gasteiger partial charge in [0.15, 0.2) is 0 Å². The van der Waals surface area contributed by atoms with Gasteiger partial charge in [-0.25, -0.2) is 0 Å². The minimum Gasteiger partial charge on any atom is -0.508 e. The minimum atomic E-state index is 0.229. The topological polar surface area (TPSA) is 41.5 Å². The molecule has 94 valence electrons. The summed E-state index contributed by atoms with van der Waals surface area (Å²) < 4.78 is 5.56. The first kappa shape index (κ1) is 12.4. The van der Waals surface area contributed by atoms with Crippen LogP contribution in [0.25, 0.3) is 0 Å². The highest BCUT2D eigenvalue weighted by Gasteiger charge is 2.34. The van der Waals surface area contributed by atoms with E-state index in [9.17, 15) is 5.11 Å². The van der Waals surface area contributed by atoms with Gasteiger partial charge in [-0.05, 0) is 37.1 Å². The summed E-state index contributed by atoms with van der Waals surface area (Å²) in [5.74, 6) is 0.331. The van der Waals surface area contributed by atoms with Crippen molar-refractivity contribution >= 4 is 0 Å². The number of benzene rings is 1. The van der Waals surface area contributed by atoms with Crippen LogP contribution in [0.4, 0.5) is 0 Å². The van der Waals surface area contributed by atoms with E-state index in [0.29, 0.717) is 5.75 Å². The van der Waals surface area contributed by atoms with Gasteiger partial charge in [-0.1, -0.05) is 19.1 Å². The molecular formula is C14H21NO2. The molecule has 3 heteroatoms. The average Bonchev–Trinajstić information content (AvgIpc) is 2.79. The van der Waals surface area contributed by atoms with Crippen molar-refractivity contribution < 1.29 is 9.84 Å². The monoisotopic (exact) mass is 235 g/mol. The van der Waals surface area contributed by atoms with Gasteiger partial charge >= 0.3 is 0 Å². The minimum absolute atomic E-state index is 0.229. The Bertz CT molecular complexity index is 342. The number of hydrogen-bond donors (Lipinski definition) is 2. The number of aromatic hydroxyl groups is 1. The van der Waals surface area contributed by atoms with Gasteiger partial charge in [0.25, 0.3) is 0 Å². The van der Waals surface area contributed by atoms with Crippen LogP contribution in [-0.4, -0.2) is 31.4 Å². The molecule has 1 atom stereocenters. The highest BCUT2D eigenvalue weighted by molar-refractivity contribution is 5.26. The maximum Gasteiger partial charge on any atom is 0.115 e. The summed E-state index contributed by atoms with van der Waals surface area (Å²) in [5, 5.41) is 12.7. The van der Waals surface area contributed by atoms with Crippen molar-refractivity contribution in [2.24, 2.45) is 5.41 Å². The number of nitrogens with one attached hydrogen (secondary N) is 1. The summed E-state index contributed by atoms with van der Waals surface area (Å²) in [7, 11) is 0. The van der Waals surface area contributed by atoms with Gasteiger partial charge in [-0.15, -0.1) is 0 Å². The molecule has 1 heterocycles. The molecule has 1 aromatic carbocycles. The summed E-state index contributed by atoms with van der Waals surface area (Å²) in [6.45, 7) is 5.83. The van der Waals surface area contributed by atoms with Gasteiger partial charge in [0, 0.05) is 18.6 Å². The lowest BCUT2D eigenvalue weighted by atomic mass is 9.81. The van der Waals surface area contributed by atoms with Crippen LogP contribution in [0, 0.1) is 5.41 Å². The maximum absolute atomic E-state index is 9.29. The summed E-state index contributed by atoms with van der Waals surface area (Å²) in [6.07, 6.45) is 2.13. The van der Waals surface area contributed by atoms with Crippen LogP contribution in [-0.2, 0) is 11.2 Å². The predicted molar refractivity (Wildman–Crippen MR) is 68.2 cm³/mol. The van der Waals surface area contributed by atoms with Crippen molar-refractivity contribution in [3.8, 4) is 5.75 Å². The summed E-state index contributed by atoms with van der Waals surface area (Å²) in [6, 6.07) is 7.51. The molecule has 1 aromatic rings. The van der Waals surface area contributed by atoms with Crippen LogP contribution in [0.3, 0.4) is 0 Å². The van der Waals surface area contributed by atoms with Gasteiger partial charge in [-0.3, -0.25) is 0 Å². The molecule has 17 heavy (non-hydrogen) atoms. The first-order valence-electron chi connectivity index (χ1n) is 6.30. The van der Waals surface area contributed by atoms with Crippen molar-refractivity contribution in [2.75, 3.05) is 26.3 Å². The molecule has 1 unspecified atom stereocenters. The fourth-order valence-electron chi connectivity index (χ4n) is 2.43. The third kappa shape index (κ3) is 3.20. The smallest absolute Gasteiger partial charge is 0.115 e. The van der Waals surface area contributed by atoms with Crippen molar-refractivity contribution in [1.82, 2.24) is 5.32 Å². The summed E-state index contributed by atoms with van der Waals surface area (Å²) in [4.78, 5) is 0. The molecule has 2 N–H and O–H groups in total. The van der Waals surface area contributed by atoms with E-state index in [-0.39, 0.29) is 5.41 Å². The quantitative estimate of drug-likeness (QED) is 0.819. The van der Waals surface area contributed by atoms with Crippen molar-refractivity contribution in [3.05, 3.63) is 29.8 Å². The Balaban J connectivity index is 2.04. The third-order valence-corrected chi connectivity index (χ3v) is 3.45. The van der Waals surface area contributed by atoms with Gasteiger partial charge in [0.05, 0.1) is 6.61 Å². The van der Waals surface area contributed by atoms with E-state index in [0.717, 1.165) is 39.1 Å². The Morgan fingerprint density at radius 1 is 1.35 bits per heavy atom. The zero-order valence-electron chi connectivity index (χ0n) is 10.4. The predicted octanol–water partition coefficient (Wildman–Crippen LogP) is 1.95. The zero-order chi connectivity index (χ0) is 12.1. The normalized spacial score (nSPS) is 24.1. The standard InChI is InChI=1S/C14H21NO2/c1-2-15-10-14(7-8-17-11-14)9-12-3-5-13(16)6-4-12/h3-6,15-16H,2,7-11H2,1H3. The summed E-state index contributed by atoms with van der Waals surface area (Å²) in [5.41, 5.74) is 1.50. The molecular weight excluding hydrogens is 214 g/mol. The molecule has 0 bridgehead atoms. The maximum atomic E-state index is 9.29. The number of phenolic OH excluding ortho intramolecular Hbond substituents is 1. The van der Waals surface area contributed by atoms with E-state index in [4.69, 9.17) is 4.74 Å². The fraction of sp³-hybridized carbons (Fsp3) is 0.571. The molecule has 0 spiro atoms. The Labute approximate surface area is 103 Å². The molecule has 0 aliphatic carbocycles. The Morgan fingerprint density at radius 2 is 2.12 bits per heavy atom. The fourth-order valence-corrected chi connectivity index (χ4v) is 2.43.